The highest BCUT2D eigenvalue weighted by molar-refractivity contribution is 5.56. The summed E-state index contributed by atoms with van der Waals surface area (Å²) in [6, 6.07) is 1.81. The zero-order valence-corrected chi connectivity index (χ0v) is 12.1. The Bertz CT molecular complexity index is 625. The van der Waals surface area contributed by atoms with E-state index in [1.54, 1.807) is 0 Å². The van der Waals surface area contributed by atoms with E-state index in [9.17, 15) is 13.2 Å². The number of halogens is 3. The molecule has 112 valence electrons. The van der Waals surface area contributed by atoms with Crippen LogP contribution in [-0.2, 0) is 6.42 Å². The molecule has 0 saturated carbocycles. The van der Waals surface area contributed by atoms with Gasteiger partial charge in [0, 0.05) is 17.0 Å². The second-order valence-corrected chi connectivity index (χ2v) is 4.80. The van der Waals surface area contributed by atoms with Crippen LogP contribution in [0, 0.1) is 31.3 Å². The van der Waals surface area contributed by atoms with Gasteiger partial charge in [-0.3, -0.25) is 0 Å². The van der Waals surface area contributed by atoms with Crippen molar-refractivity contribution in [2.24, 2.45) is 0 Å². The Morgan fingerprint density at radius 1 is 1.00 bits per heavy atom. The van der Waals surface area contributed by atoms with Crippen LogP contribution in [0.2, 0.25) is 0 Å². The zero-order chi connectivity index (χ0) is 15.6. The van der Waals surface area contributed by atoms with Crippen LogP contribution in [0.1, 0.15) is 17.0 Å². The van der Waals surface area contributed by atoms with Crippen molar-refractivity contribution < 1.29 is 13.2 Å². The first kappa shape index (κ1) is 15.4. The van der Waals surface area contributed by atoms with Gasteiger partial charge in [-0.15, -0.1) is 0 Å². The van der Waals surface area contributed by atoms with Crippen molar-refractivity contribution in [1.29, 1.82) is 0 Å². The van der Waals surface area contributed by atoms with Crippen molar-refractivity contribution in [3.05, 3.63) is 46.5 Å². The summed E-state index contributed by atoms with van der Waals surface area (Å²) in [5.74, 6) is -3.79. The summed E-state index contributed by atoms with van der Waals surface area (Å²) in [7, 11) is 1.85. The molecule has 1 N–H and O–H groups in total. The Balaban J connectivity index is 2.46. The second kappa shape index (κ2) is 6.22. The van der Waals surface area contributed by atoms with Crippen molar-refractivity contribution in [2.45, 2.75) is 20.3 Å². The van der Waals surface area contributed by atoms with Crippen molar-refractivity contribution in [3.63, 3.8) is 0 Å². The first-order chi connectivity index (χ1) is 9.93. The normalized spacial score (nSPS) is 11.0. The van der Waals surface area contributed by atoms with Gasteiger partial charge in [0.25, 0.3) is 0 Å². The van der Waals surface area contributed by atoms with Crippen LogP contribution in [0.25, 0.3) is 11.4 Å². The molecule has 0 atom stereocenters. The molecule has 0 aliphatic rings. The number of rotatable bonds is 4. The maximum absolute atomic E-state index is 13.3. The Morgan fingerprint density at radius 3 is 2.00 bits per heavy atom. The zero-order valence-electron chi connectivity index (χ0n) is 12.1. The molecule has 1 heterocycles. The summed E-state index contributed by atoms with van der Waals surface area (Å²) in [4.78, 5) is 8.55. The highest BCUT2D eigenvalue weighted by Gasteiger charge is 2.15. The fraction of sp³-hybridized carbons (Fsp3) is 0.333. The van der Waals surface area contributed by atoms with E-state index in [4.69, 9.17) is 0 Å². The molecule has 2 rings (SSSR count). The van der Waals surface area contributed by atoms with Gasteiger partial charge in [-0.2, -0.15) is 0 Å². The lowest BCUT2D eigenvalue weighted by Crippen LogP contribution is -2.13. The van der Waals surface area contributed by atoms with Crippen LogP contribution in [-0.4, -0.2) is 23.6 Å². The quantitative estimate of drug-likeness (QED) is 0.881. The Kier molecular flexibility index (Phi) is 4.57. The van der Waals surface area contributed by atoms with E-state index >= 15 is 0 Å². The third kappa shape index (κ3) is 3.21. The van der Waals surface area contributed by atoms with Crippen LogP contribution in [0.15, 0.2) is 12.1 Å². The molecule has 0 saturated heterocycles. The number of nitrogens with zero attached hydrogens (tertiary/aromatic N) is 2. The standard InChI is InChI=1S/C15H16F3N3/c1-8-11(4-5-19-3)9(2)21-15(20-8)10-6-12(16)14(18)13(17)7-10/h6-7,19H,4-5H2,1-3H3. The molecular formula is C15H16F3N3. The molecule has 21 heavy (non-hydrogen) atoms. The number of hydrogen-bond donors (Lipinski definition) is 1. The maximum atomic E-state index is 13.3. The van der Waals surface area contributed by atoms with Gasteiger partial charge in [0.05, 0.1) is 0 Å². The molecule has 2 aromatic rings. The molecule has 3 nitrogen and oxygen atoms in total. The van der Waals surface area contributed by atoms with Crippen molar-refractivity contribution >= 4 is 0 Å². The monoisotopic (exact) mass is 295 g/mol. The first-order valence-corrected chi connectivity index (χ1v) is 6.57. The minimum atomic E-state index is -1.49. The Hall–Kier alpha value is -1.95. The van der Waals surface area contributed by atoms with Gasteiger partial charge < -0.3 is 5.32 Å². The number of hydrogen-bond acceptors (Lipinski definition) is 3. The van der Waals surface area contributed by atoms with Crippen molar-refractivity contribution in [3.8, 4) is 11.4 Å². The fourth-order valence-electron chi connectivity index (χ4n) is 2.16. The number of aryl methyl sites for hydroxylation is 2. The van der Waals surface area contributed by atoms with Gasteiger partial charge in [-0.05, 0) is 51.6 Å². The van der Waals surface area contributed by atoms with Crippen LogP contribution in [0.4, 0.5) is 13.2 Å². The van der Waals surface area contributed by atoms with E-state index in [0.717, 1.165) is 42.0 Å². The summed E-state index contributed by atoms with van der Waals surface area (Å²) < 4.78 is 39.6. The van der Waals surface area contributed by atoms with Gasteiger partial charge in [0.2, 0.25) is 0 Å². The average Bonchev–Trinajstić information content (AvgIpc) is 2.43. The number of nitrogens with one attached hydrogen (secondary N) is 1. The van der Waals surface area contributed by atoms with Crippen LogP contribution >= 0.6 is 0 Å². The highest BCUT2D eigenvalue weighted by Crippen LogP contribution is 2.23. The molecule has 1 aromatic carbocycles. The molecule has 0 amide bonds. The van der Waals surface area contributed by atoms with Gasteiger partial charge in [0.15, 0.2) is 23.3 Å². The molecule has 0 bridgehead atoms. The predicted octanol–water partition coefficient (Wildman–Crippen LogP) is 2.94. The lowest BCUT2D eigenvalue weighted by atomic mass is 10.1. The molecule has 0 unspecified atom stereocenters. The van der Waals surface area contributed by atoms with Crippen LogP contribution < -0.4 is 5.32 Å². The van der Waals surface area contributed by atoms with Gasteiger partial charge >= 0.3 is 0 Å². The van der Waals surface area contributed by atoms with Gasteiger partial charge in [0.1, 0.15) is 0 Å². The Morgan fingerprint density at radius 2 is 1.52 bits per heavy atom. The molecule has 6 heteroatoms. The number of likely N-dealkylation sites (N-methyl/N-ethyl adjacent to an activating group) is 1. The molecule has 0 aliphatic carbocycles. The number of aromatic nitrogens is 2. The molecule has 1 aromatic heterocycles. The smallest absolute Gasteiger partial charge is 0.194 e. The van der Waals surface area contributed by atoms with Crippen molar-refractivity contribution in [1.82, 2.24) is 15.3 Å². The molecular weight excluding hydrogens is 279 g/mol. The van der Waals surface area contributed by atoms with Crippen LogP contribution in [0.3, 0.4) is 0 Å². The summed E-state index contributed by atoms with van der Waals surface area (Å²) in [6.07, 6.45) is 0.764. The molecule has 0 radical (unpaired) electrons. The fourth-order valence-corrected chi connectivity index (χ4v) is 2.16. The highest BCUT2D eigenvalue weighted by atomic mass is 19.2. The van der Waals surface area contributed by atoms with Crippen LogP contribution in [0.5, 0.6) is 0 Å². The molecule has 0 fully saturated rings. The lowest BCUT2D eigenvalue weighted by molar-refractivity contribution is 0.447. The largest absolute Gasteiger partial charge is 0.319 e. The summed E-state index contributed by atoms with van der Waals surface area (Å²) in [5, 5.41) is 3.04. The summed E-state index contributed by atoms with van der Waals surface area (Å²) in [6.45, 7) is 4.42. The topological polar surface area (TPSA) is 37.8 Å². The maximum Gasteiger partial charge on any atom is 0.194 e. The average molecular weight is 295 g/mol. The van der Waals surface area contributed by atoms with E-state index in [2.05, 4.69) is 15.3 Å². The predicted molar refractivity (Wildman–Crippen MR) is 74.4 cm³/mol. The van der Waals surface area contributed by atoms with E-state index in [0.29, 0.717) is 0 Å². The minimum absolute atomic E-state index is 0.123. The third-order valence-corrected chi connectivity index (χ3v) is 3.29. The van der Waals surface area contributed by atoms with E-state index < -0.39 is 17.5 Å². The van der Waals surface area contributed by atoms with E-state index in [-0.39, 0.29) is 11.4 Å². The summed E-state index contributed by atoms with van der Waals surface area (Å²) in [5.41, 5.74) is 2.62. The lowest BCUT2D eigenvalue weighted by Gasteiger charge is -2.11. The molecule has 0 spiro atoms. The summed E-state index contributed by atoms with van der Waals surface area (Å²) >= 11 is 0. The van der Waals surface area contributed by atoms with E-state index in [1.807, 2.05) is 20.9 Å². The SMILES string of the molecule is CNCCc1c(C)nc(-c2cc(F)c(F)c(F)c2)nc1C. The molecule has 0 aliphatic heterocycles. The Labute approximate surface area is 121 Å². The minimum Gasteiger partial charge on any atom is -0.319 e. The third-order valence-electron chi connectivity index (χ3n) is 3.29. The van der Waals surface area contributed by atoms with Gasteiger partial charge in [-0.25, -0.2) is 23.1 Å². The van der Waals surface area contributed by atoms with E-state index in [1.165, 1.54) is 0 Å². The first-order valence-electron chi connectivity index (χ1n) is 6.57. The van der Waals surface area contributed by atoms with Crippen molar-refractivity contribution in [2.75, 3.05) is 13.6 Å². The number of benzene rings is 1. The second-order valence-electron chi connectivity index (χ2n) is 4.80. The van der Waals surface area contributed by atoms with Gasteiger partial charge in [-0.1, -0.05) is 0 Å².